The average molecular weight is 372 g/mol. The molecule has 2 fully saturated rings. The van der Waals surface area contributed by atoms with Crippen LogP contribution in [0.1, 0.15) is 32.6 Å². The molecule has 1 aliphatic carbocycles. The molecule has 6 heteroatoms. The number of hydrogen-bond acceptors (Lipinski definition) is 3. The number of guanidine groups is 1. The van der Waals surface area contributed by atoms with Crippen molar-refractivity contribution in [2.24, 2.45) is 10.4 Å². The number of carbonyl (C=O) groups is 1. The van der Waals surface area contributed by atoms with Gasteiger partial charge in [0, 0.05) is 45.5 Å². The minimum atomic E-state index is 0.138. The van der Waals surface area contributed by atoms with Gasteiger partial charge in [-0.1, -0.05) is 31.5 Å². The van der Waals surface area contributed by atoms with Crippen molar-refractivity contribution in [2.45, 2.75) is 32.6 Å². The van der Waals surface area contributed by atoms with E-state index in [1.165, 1.54) is 31.4 Å². The molecular weight excluding hydrogens is 338 g/mol. The van der Waals surface area contributed by atoms with Gasteiger partial charge in [-0.25, -0.2) is 0 Å². The molecule has 2 aliphatic rings. The maximum atomic E-state index is 12.5. The summed E-state index contributed by atoms with van der Waals surface area (Å²) < 4.78 is 0. The molecule has 1 saturated heterocycles. The minimum absolute atomic E-state index is 0.138. The molecule has 1 aromatic rings. The number of piperazine rings is 1. The van der Waals surface area contributed by atoms with Crippen LogP contribution in [0, 0.1) is 5.41 Å². The maximum Gasteiger partial charge on any atom is 0.242 e. The van der Waals surface area contributed by atoms with E-state index >= 15 is 0 Å². The molecule has 0 unspecified atom stereocenters. The molecule has 1 heterocycles. The molecule has 0 radical (unpaired) electrons. The summed E-state index contributed by atoms with van der Waals surface area (Å²) in [6.45, 7) is 6.77. The summed E-state index contributed by atoms with van der Waals surface area (Å²) >= 11 is 0. The van der Waals surface area contributed by atoms with Gasteiger partial charge in [-0.15, -0.1) is 0 Å². The number of carbonyl (C=O) groups excluding carboxylic acids is 1. The van der Waals surface area contributed by atoms with Crippen molar-refractivity contribution in [1.82, 2.24) is 15.5 Å². The highest BCUT2D eigenvalue weighted by Gasteiger charge is 2.35. The summed E-state index contributed by atoms with van der Waals surface area (Å²) in [6, 6.07) is 10.4. The first-order chi connectivity index (χ1) is 13.2. The summed E-state index contributed by atoms with van der Waals surface area (Å²) in [5.74, 6) is 0.866. The topological polar surface area (TPSA) is 60.0 Å². The molecule has 0 bridgehead atoms. The van der Waals surface area contributed by atoms with Crippen molar-refractivity contribution < 1.29 is 4.79 Å². The lowest BCUT2D eigenvalue weighted by Crippen LogP contribution is -2.53. The fraction of sp³-hybridized carbons (Fsp3) is 0.619. The van der Waals surface area contributed by atoms with Crippen LogP contribution >= 0.6 is 0 Å². The van der Waals surface area contributed by atoms with Gasteiger partial charge in [0.2, 0.25) is 5.91 Å². The van der Waals surface area contributed by atoms with E-state index in [0.717, 1.165) is 38.7 Å². The third-order valence-electron chi connectivity index (χ3n) is 6.18. The van der Waals surface area contributed by atoms with Crippen molar-refractivity contribution in [2.75, 3.05) is 51.2 Å². The van der Waals surface area contributed by atoms with Crippen LogP contribution in [0.25, 0.3) is 0 Å². The van der Waals surface area contributed by atoms with E-state index in [9.17, 15) is 4.79 Å². The van der Waals surface area contributed by atoms with Gasteiger partial charge in [-0.2, -0.15) is 0 Å². The number of rotatable bonds is 6. The van der Waals surface area contributed by atoms with Gasteiger partial charge in [0.25, 0.3) is 0 Å². The summed E-state index contributed by atoms with van der Waals surface area (Å²) in [4.78, 5) is 21.1. The molecule has 0 spiro atoms. The number of amides is 1. The zero-order valence-corrected chi connectivity index (χ0v) is 16.7. The number of nitrogens with one attached hydrogen (secondary N) is 2. The van der Waals surface area contributed by atoms with Crippen LogP contribution in [0.4, 0.5) is 5.69 Å². The first-order valence-electron chi connectivity index (χ1n) is 10.2. The van der Waals surface area contributed by atoms with Crippen LogP contribution in [0.5, 0.6) is 0 Å². The second kappa shape index (κ2) is 9.11. The molecule has 1 aromatic carbocycles. The molecule has 0 aromatic heterocycles. The van der Waals surface area contributed by atoms with Crippen LogP contribution in [0.15, 0.2) is 35.3 Å². The Bertz CT molecular complexity index is 628. The summed E-state index contributed by atoms with van der Waals surface area (Å²) in [6.07, 6.45) is 5.10. The molecule has 1 aliphatic heterocycles. The molecule has 2 N–H and O–H groups in total. The molecular formula is C21H33N5O. The highest BCUT2D eigenvalue weighted by atomic mass is 16.2. The van der Waals surface area contributed by atoms with Crippen molar-refractivity contribution in [1.29, 1.82) is 0 Å². The Morgan fingerprint density at radius 2 is 1.81 bits per heavy atom. The number of anilines is 1. The van der Waals surface area contributed by atoms with Crippen LogP contribution in [0.3, 0.4) is 0 Å². The third kappa shape index (κ3) is 4.93. The number of nitrogens with zero attached hydrogens (tertiary/aromatic N) is 3. The first-order valence-corrected chi connectivity index (χ1v) is 10.2. The lowest BCUT2D eigenvalue weighted by molar-refractivity contribution is -0.130. The predicted molar refractivity (Wildman–Crippen MR) is 111 cm³/mol. The van der Waals surface area contributed by atoms with E-state index in [1.54, 1.807) is 7.05 Å². The molecule has 1 amide bonds. The Kier molecular flexibility index (Phi) is 6.58. The van der Waals surface area contributed by atoms with Crippen molar-refractivity contribution >= 4 is 17.6 Å². The van der Waals surface area contributed by atoms with Crippen LogP contribution in [0.2, 0.25) is 0 Å². The quantitative estimate of drug-likeness (QED) is 0.594. The first kappa shape index (κ1) is 19.5. The van der Waals surface area contributed by atoms with Gasteiger partial charge >= 0.3 is 0 Å². The molecule has 6 nitrogen and oxygen atoms in total. The number of para-hydroxylation sites is 1. The lowest BCUT2D eigenvalue weighted by atomic mass is 9.67. The molecule has 3 rings (SSSR count). The Hall–Kier alpha value is -2.24. The van der Waals surface area contributed by atoms with E-state index in [0.29, 0.717) is 12.0 Å². The van der Waals surface area contributed by atoms with Crippen molar-refractivity contribution in [3.8, 4) is 0 Å². The smallest absolute Gasteiger partial charge is 0.242 e. The Morgan fingerprint density at radius 3 is 2.37 bits per heavy atom. The number of aliphatic imine (C=N–C) groups is 1. The molecule has 148 valence electrons. The molecule has 1 saturated carbocycles. The highest BCUT2D eigenvalue weighted by molar-refractivity contribution is 5.86. The Labute approximate surface area is 163 Å². The average Bonchev–Trinajstić information content (AvgIpc) is 2.70. The van der Waals surface area contributed by atoms with E-state index in [-0.39, 0.29) is 5.91 Å². The van der Waals surface area contributed by atoms with Gasteiger partial charge < -0.3 is 20.4 Å². The van der Waals surface area contributed by atoms with Crippen LogP contribution in [-0.2, 0) is 4.79 Å². The Balaban J connectivity index is 1.40. The van der Waals surface area contributed by atoms with Gasteiger partial charge in [-0.3, -0.25) is 9.79 Å². The zero-order chi connectivity index (χ0) is 19.1. The normalized spacial score (nSPS) is 19.4. The monoisotopic (exact) mass is 371 g/mol. The van der Waals surface area contributed by atoms with Gasteiger partial charge in [-0.05, 0) is 36.8 Å². The number of benzene rings is 1. The molecule has 0 atom stereocenters. The van der Waals surface area contributed by atoms with E-state index < -0.39 is 0 Å². The number of hydrogen-bond donors (Lipinski definition) is 2. The predicted octanol–water partition coefficient (Wildman–Crippen LogP) is 2.08. The maximum absolute atomic E-state index is 12.5. The van der Waals surface area contributed by atoms with Gasteiger partial charge in [0.15, 0.2) is 5.96 Å². The molecule has 27 heavy (non-hydrogen) atoms. The highest BCUT2D eigenvalue weighted by Crippen LogP contribution is 2.42. The summed E-state index contributed by atoms with van der Waals surface area (Å²) in [5, 5.41) is 6.60. The van der Waals surface area contributed by atoms with E-state index in [2.05, 4.69) is 51.7 Å². The second-order valence-corrected chi connectivity index (χ2v) is 7.69. The van der Waals surface area contributed by atoms with Crippen LogP contribution < -0.4 is 15.5 Å². The van der Waals surface area contributed by atoms with Crippen LogP contribution in [-0.4, -0.2) is 63.1 Å². The SMILES string of the molecule is CCC1(CNC(=NC)NCC(=O)N2CCN(c3ccccc3)CC2)CCC1. The third-order valence-corrected chi connectivity index (χ3v) is 6.18. The summed E-state index contributed by atoms with van der Waals surface area (Å²) in [7, 11) is 1.76. The fourth-order valence-electron chi connectivity index (χ4n) is 3.95. The van der Waals surface area contributed by atoms with Gasteiger partial charge in [0.05, 0.1) is 6.54 Å². The van der Waals surface area contributed by atoms with E-state index in [4.69, 9.17) is 0 Å². The van der Waals surface area contributed by atoms with Crippen molar-refractivity contribution in [3.63, 3.8) is 0 Å². The Morgan fingerprint density at radius 1 is 1.11 bits per heavy atom. The fourth-order valence-corrected chi connectivity index (χ4v) is 3.95. The van der Waals surface area contributed by atoms with Gasteiger partial charge in [0.1, 0.15) is 0 Å². The van der Waals surface area contributed by atoms with Crippen molar-refractivity contribution in [3.05, 3.63) is 30.3 Å². The second-order valence-electron chi connectivity index (χ2n) is 7.69. The minimum Gasteiger partial charge on any atom is -0.368 e. The lowest BCUT2D eigenvalue weighted by Gasteiger charge is -2.41. The largest absolute Gasteiger partial charge is 0.368 e. The standard InChI is InChI=1S/C21H33N5O/c1-3-21(10-7-11-21)17-24-20(22-2)23-16-19(27)26-14-12-25(13-15-26)18-8-5-4-6-9-18/h4-6,8-9H,3,7,10-17H2,1-2H3,(H2,22,23,24). The summed E-state index contributed by atoms with van der Waals surface area (Å²) in [5.41, 5.74) is 1.66. The zero-order valence-electron chi connectivity index (χ0n) is 16.7. The van der Waals surface area contributed by atoms with E-state index in [1.807, 2.05) is 11.0 Å².